The summed E-state index contributed by atoms with van der Waals surface area (Å²) in [6.07, 6.45) is 1.78. The van der Waals surface area contributed by atoms with Gasteiger partial charge in [0.2, 0.25) is 0 Å². The quantitative estimate of drug-likeness (QED) is 0.900. The van der Waals surface area contributed by atoms with Crippen molar-refractivity contribution in [2.45, 2.75) is 25.6 Å². The highest BCUT2D eigenvalue weighted by Crippen LogP contribution is 2.11. The highest BCUT2D eigenvalue weighted by atomic mass is 79.9. The lowest BCUT2D eigenvalue weighted by molar-refractivity contribution is 0.0907. The number of benzene rings is 1. The summed E-state index contributed by atoms with van der Waals surface area (Å²) in [5.74, 6) is 0. The van der Waals surface area contributed by atoms with Crippen molar-refractivity contribution in [3.8, 4) is 0 Å². The summed E-state index contributed by atoms with van der Waals surface area (Å²) < 4.78 is 6.33. The number of ether oxygens (including phenoxy) is 1. The van der Waals surface area contributed by atoms with E-state index in [0.29, 0.717) is 6.54 Å². The lowest BCUT2D eigenvalue weighted by atomic mass is 10.2. The second kappa shape index (κ2) is 6.02. The van der Waals surface area contributed by atoms with E-state index in [-0.39, 0.29) is 12.3 Å². The van der Waals surface area contributed by atoms with Crippen LogP contribution in [0.15, 0.2) is 28.7 Å². The zero-order valence-electron chi connectivity index (χ0n) is 9.41. The number of halogens is 1. The van der Waals surface area contributed by atoms with Crippen LogP contribution in [-0.2, 0) is 11.3 Å². The number of nitrogens with one attached hydrogen (secondary N) is 2. The van der Waals surface area contributed by atoms with Gasteiger partial charge in [-0.25, -0.2) is 4.79 Å². The Hall–Kier alpha value is -1.07. The van der Waals surface area contributed by atoms with E-state index in [0.717, 1.165) is 29.5 Å². The van der Waals surface area contributed by atoms with Gasteiger partial charge in [0, 0.05) is 17.6 Å². The van der Waals surface area contributed by atoms with Crippen molar-refractivity contribution in [2.24, 2.45) is 0 Å². The molecule has 1 aliphatic heterocycles. The van der Waals surface area contributed by atoms with Gasteiger partial charge in [-0.2, -0.15) is 0 Å². The molecule has 92 valence electrons. The van der Waals surface area contributed by atoms with Crippen LogP contribution in [0.25, 0.3) is 0 Å². The van der Waals surface area contributed by atoms with Crippen LogP contribution in [0.4, 0.5) is 4.79 Å². The third-order valence-corrected chi connectivity index (χ3v) is 3.06. The van der Waals surface area contributed by atoms with Crippen LogP contribution in [0.3, 0.4) is 0 Å². The maximum Gasteiger partial charge on any atom is 0.317 e. The zero-order chi connectivity index (χ0) is 12.1. The normalized spacial score (nSPS) is 19.0. The standard InChI is InChI=1S/C12H15BrN2O2/c13-10-4-1-3-9(7-10)8-14-12(16)15-11-5-2-6-17-11/h1,3-4,7,11H,2,5-6,8H2,(H2,14,15,16). The van der Waals surface area contributed by atoms with Crippen molar-refractivity contribution < 1.29 is 9.53 Å². The van der Waals surface area contributed by atoms with E-state index < -0.39 is 0 Å². The molecule has 1 aliphatic rings. The molecule has 17 heavy (non-hydrogen) atoms. The highest BCUT2D eigenvalue weighted by Gasteiger charge is 2.16. The van der Waals surface area contributed by atoms with Gasteiger partial charge in [-0.1, -0.05) is 28.1 Å². The molecule has 0 aromatic heterocycles. The van der Waals surface area contributed by atoms with Gasteiger partial charge in [0.1, 0.15) is 6.23 Å². The van der Waals surface area contributed by atoms with Crippen LogP contribution in [0.2, 0.25) is 0 Å². The first kappa shape index (κ1) is 12.4. The largest absolute Gasteiger partial charge is 0.358 e. The maximum absolute atomic E-state index is 11.5. The summed E-state index contributed by atoms with van der Waals surface area (Å²) >= 11 is 3.39. The number of carbonyl (C=O) groups is 1. The number of hydrogen-bond acceptors (Lipinski definition) is 2. The fraction of sp³-hybridized carbons (Fsp3) is 0.417. The Bertz CT molecular complexity index is 392. The van der Waals surface area contributed by atoms with E-state index in [2.05, 4.69) is 26.6 Å². The molecule has 1 atom stereocenters. The summed E-state index contributed by atoms with van der Waals surface area (Å²) in [7, 11) is 0. The van der Waals surface area contributed by atoms with E-state index >= 15 is 0 Å². The SMILES string of the molecule is O=C(NCc1cccc(Br)c1)NC1CCCO1. The van der Waals surface area contributed by atoms with Gasteiger partial charge < -0.3 is 15.4 Å². The number of rotatable bonds is 3. The Labute approximate surface area is 109 Å². The molecule has 2 amide bonds. The second-order valence-electron chi connectivity index (χ2n) is 3.96. The maximum atomic E-state index is 11.5. The van der Waals surface area contributed by atoms with Gasteiger partial charge in [-0.3, -0.25) is 0 Å². The first-order valence-electron chi connectivity index (χ1n) is 5.64. The van der Waals surface area contributed by atoms with Crippen molar-refractivity contribution in [1.29, 1.82) is 0 Å². The average molecular weight is 299 g/mol. The fourth-order valence-electron chi connectivity index (χ4n) is 1.72. The van der Waals surface area contributed by atoms with Crippen LogP contribution < -0.4 is 10.6 Å². The van der Waals surface area contributed by atoms with E-state index in [1.807, 2.05) is 24.3 Å². The molecule has 4 nitrogen and oxygen atoms in total. The Balaban J connectivity index is 1.75. The molecule has 0 saturated carbocycles. The number of hydrogen-bond donors (Lipinski definition) is 2. The van der Waals surface area contributed by atoms with Gasteiger partial charge in [-0.15, -0.1) is 0 Å². The summed E-state index contributed by atoms with van der Waals surface area (Å²) in [4.78, 5) is 11.5. The minimum absolute atomic E-state index is 0.127. The van der Waals surface area contributed by atoms with Gasteiger partial charge in [0.15, 0.2) is 0 Å². The Kier molecular flexibility index (Phi) is 4.39. The molecular formula is C12H15BrN2O2. The summed E-state index contributed by atoms with van der Waals surface area (Å²) in [6, 6.07) is 7.66. The van der Waals surface area contributed by atoms with Gasteiger partial charge >= 0.3 is 6.03 Å². The molecule has 0 bridgehead atoms. The van der Waals surface area contributed by atoms with Crippen LogP contribution in [0, 0.1) is 0 Å². The van der Waals surface area contributed by atoms with E-state index in [4.69, 9.17) is 4.74 Å². The summed E-state index contributed by atoms with van der Waals surface area (Å²) in [6.45, 7) is 1.24. The van der Waals surface area contributed by atoms with Crippen LogP contribution in [0.5, 0.6) is 0 Å². The molecule has 1 saturated heterocycles. The molecule has 2 rings (SSSR count). The Morgan fingerprint density at radius 2 is 2.41 bits per heavy atom. The molecule has 2 N–H and O–H groups in total. The molecule has 0 radical (unpaired) electrons. The lowest BCUT2D eigenvalue weighted by Gasteiger charge is -2.12. The first-order valence-corrected chi connectivity index (χ1v) is 6.44. The zero-order valence-corrected chi connectivity index (χ0v) is 11.0. The van der Waals surface area contributed by atoms with Crippen molar-refractivity contribution in [3.05, 3.63) is 34.3 Å². The second-order valence-corrected chi connectivity index (χ2v) is 4.87. The molecular weight excluding hydrogens is 284 g/mol. The first-order chi connectivity index (χ1) is 8.24. The van der Waals surface area contributed by atoms with E-state index in [1.165, 1.54) is 0 Å². The van der Waals surface area contributed by atoms with Crippen molar-refractivity contribution in [2.75, 3.05) is 6.61 Å². The molecule has 0 aliphatic carbocycles. The highest BCUT2D eigenvalue weighted by molar-refractivity contribution is 9.10. The summed E-state index contributed by atoms with van der Waals surface area (Å²) in [5, 5.41) is 5.58. The van der Waals surface area contributed by atoms with Crippen LogP contribution >= 0.6 is 15.9 Å². The number of amides is 2. The predicted molar refractivity (Wildman–Crippen MR) is 68.5 cm³/mol. The molecule has 0 spiro atoms. The topological polar surface area (TPSA) is 50.4 Å². The van der Waals surface area contributed by atoms with Crippen molar-refractivity contribution in [1.82, 2.24) is 10.6 Å². The van der Waals surface area contributed by atoms with Crippen molar-refractivity contribution in [3.63, 3.8) is 0 Å². The lowest BCUT2D eigenvalue weighted by Crippen LogP contribution is -2.41. The Morgan fingerprint density at radius 3 is 3.12 bits per heavy atom. The third-order valence-electron chi connectivity index (χ3n) is 2.56. The van der Waals surface area contributed by atoms with Gasteiger partial charge in [-0.05, 0) is 30.5 Å². The molecule has 1 aromatic rings. The molecule has 1 heterocycles. The van der Waals surface area contributed by atoms with Gasteiger partial charge in [0.25, 0.3) is 0 Å². The average Bonchev–Trinajstić information content (AvgIpc) is 2.79. The van der Waals surface area contributed by atoms with Crippen LogP contribution in [0.1, 0.15) is 18.4 Å². The predicted octanol–water partition coefficient (Wildman–Crippen LogP) is 2.38. The molecule has 1 unspecified atom stereocenters. The number of carbonyl (C=O) groups excluding carboxylic acids is 1. The fourth-order valence-corrected chi connectivity index (χ4v) is 2.16. The summed E-state index contributed by atoms with van der Waals surface area (Å²) in [5.41, 5.74) is 1.06. The smallest absolute Gasteiger partial charge is 0.317 e. The van der Waals surface area contributed by atoms with E-state index in [1.54, 1.807) is 0 Å². The molecule has 5 heteroatoms. The van der Waals surface area contributed by atoms with E-state index in [9.17, 15) is 4.79 Å². The van der Waals surface area contributed by atoms with Gasteiger partial charge in [0.05, 0.1) is 0 Å². The molecule has 1 aromatic carbocycles. The third kappa shape index (κ3) is 4.02. The van der Waals surface area contributed by atoms with Crippen LogP contribution in [-0.4, -0.2) is 18.9 Å². The monoisotopic (exact) mass is 298 g/mol. The number of urea groups is 1. The molecule has 1 fully saturated rings. The van der Waals surface area contributed by atoms with Crippen molar-refractivity contribution >= 4 is 22.0 Å². The minimum Gasteiger partial charge on any atom is -0.358 e. The Morgan fingerprint density at radius 1 is 1.53 bits per heavy atom. The minimum atomic E-state index is -0.183.